The third-order valence-electron chi connectivity index (χ3n) is 1.93. The van der Waals surface area contributed by atoms with Crippen LogP contribution in [0.3, 0.4) is 0 Å². The van der Waals surface area contributed by atoms with E-state index in [1.54, 1.807) is 6.26 Å². The molecule has 1 unspecified atom stereocenters. The molecule has 88 valence electrons. The van der Waals surface area contributed by atoms with Crippen LogP contribution in [0.2, 0.25) is 0 Å². The van der Waals surface area contributed by atoms with Crippen molar-refractivity contribution in [2.75, 3.05) is 18.6 Å². The van der Waals surface area contributed by atoms with E-state index in [0.29, 0.717) is 12.5 Å². The predicted octanol–water partition coefficient (Wildman–Crippen LogP) is 3.92. The van der Waals surface area contributed by atoms with E-state index in [0.717, 1.165) is 11.5 Å². The minimum Gasteiger partial charge on any atom is -0.493 e. The summed E-state index contributed by atoms with van der Waals surface area (Å²) in [5.41, 5.74) is 0. The van der Waals surface area contributed by atoms with Gasteiger partial charge in [0.25, 0.3) is 0 Å². The van der Waals surface area contributed by atoms with E-state index in [2.05, 4.69) is 6.92 Å². The van der Waals surface area contributed by atoms with E-state index in [1.807, 2.05) is 30.3 Å². The van der Waals surface area contributed by atoms with Crippen LogP contribution in [-0.2, 0) is 0 Å². The molecule has 1 rings (SSSR count). The molecule has 0 saturated heterocycles. The van der Waals surface area contributed by atoms with Gasteiger partial charge in [-0.15, -0.1) is 0 Å². The third kappa shape index (κ3) is 5.47. The number of hydrogen-bond acceptors (Lipinski definition) is 4. The highest BCUT2D eigenvalue weighted by Gasteiger charge is 2.07. The van der Waals surface area contributed by atoms with Crippen molar-refractivity contribution in [2.24, 2.45) is 5.92 Å². The monoisotopic (exact) mass is 256 g/mol. The molecule has 0 bridgehead atoms. The van der Waals surface area contributed by atoms with Crippen LogP contribution in [0.15, 0.2) is 30.3 Å². The van der Waals surface area contributed by atoms with Crippen LogP contribution in [0.4, 0.5) is 4.79 Å². The van der Waals surface area contributed by atoms with Gasteiger partial charge in [0.2, 0.25) is 4.45 Å². The highest BCUT2D eigenvalue weighted by atomic mass is 32.2. The molecule has 16 heavy (non-hydrogen) atoms. The first-order valence-electron chi connectivity index (χ1n) is 5.11. The lowest BCUT2D eigenvalue weighted by Crippen LogP contribution is -2.11. The van der Waals surface area contributed by atoms with Gasteiger partial charge >= 0.3 is 0 Å². The summed E-state index contributed by atoms with van der Waals surface area (Å²) in [5, 5.41) is 0. The highest BCUT2D eigenvalue weighted by Crippen LogP contribution is 2.18. The van der Waals surface area contributed by atoms with Crippen molar-refractivity contribution < 1.29 is 9.53 Å². The number of rotatable bonds is 5. The molecular formula is C12H16O2S2. The molecule has 0 aliphatic carbocycles. The molecule has 4 heteroatoms. The Morgan fingerprint density at radius 2 is 2.06 bits per heavy atom. The SMILES string of the molecule is CSC(=O)SCC(C)COc1ccccc1. The Labute approximate surface area is 105 Å². The predicted molar refractivity (Wildman–Crippen MR) is 72.5 cm³/mol. The van der Waals surface area contributed by atoms with Crippen LogP contribution in [0.1, 0.15) is 6.92 Å². The standard InChI is InChI=1S/C12H16O2S2/c1-10(9-16-12(13)15-2)8-14-11-6-4-3-5-7-11/h3-7,10H,8-9H2,1-2H3. The Kier molecular flexibility index (Phi) is 6.42. The molecule has 0 saturated carbocycles. The zero-order valence-corrected chi connectivity index (χ0v) is 11.1. The second-order valence-electron chi connectivity index (χ2n) is 3.49. The molecule has 0 aliphatic rings. The Morgan fingerprint density at radius 3 is 2.69 bits per heavy atom. The summed E-state index contributed by atoms with van der Waals surface area (Å²) in [6.45, 7) is 2.74. The first kappa shape index (κ1) is 13.5. The van der Waals surface area contributed by atoms with Gasteiger partial charge in [0, 0.05) is 5.75 Å². The van der Waals surface area contributed by atoms with Crippen molar-refractivity contribution >= 4 is 28.0 Å². The minimum absolute atomic E-state index is 0.173. The van der Waals surface area contributed by atoms with Gasteiger partial charge in [0.05, 0.1) is 6.61 Å². The van der Waals surface area contributed by atoms with E-state index in [4.69, 9.17) is 4.74 Å². The molecule has 1 aromatic carbocycles. The quantitative estimate of drug-likeness (QED) is 0.797. The minimum atomic E-state index is 0.173. The van der Waals surface area contributed by atoms with Gasteiger partial charge in [-0.2, -0.15) is 0 Å². The Bertz CT molecular complexity index is 314. The smallest absolute Gasteiger partial charge is 0.245 e. The summed E-state index contributed by atoms with van der Waals surface area (Å²) >= 11 is 2.63. The maximum Gasteiger partial charge on any atom is 0.245 e. The number of para-hydroxylation sites is 1. The summed E-state index contributed by atoms with van der Waals surface area (Å²) in [7, 11) is 0. The lowest BCUT2D eigenvalue weighted by atomic mass is 10.2. The average molecular weight is 256 g/mol. The molecule has 0 radical (unpaired) electrons. The number of carbonyl (C=O) groups excluding carboxylic acids is 1. The Balaban J connectivity index is 2.20. The van der Waals surface area contributed by atoms with Gasteiger partial charge in [-0.05, 0) is 24.3 Å². The number of carbonyl (C=O) groups is 1. The highest BCUT2D eigenvalue weighted by molar-refractivity contribution is 8.38. The van der Waals surface area contributed by atoms with Crippen molar-refractivity contribution in [1.29, 1.82) is 0 Å². The molecule has 0 aliphatic heterocycles. The van der Waals surface area contributed by atoms with Crippen LogP contribution in [-0.4, -0.2) is 23.1 Å². The topological polar surface area (TPSA) is 26.3 Å². The van der Waals surface area contributed by atoms with Crippen LogP contribution in [0.25, 0.3) is 0 Å². The van der Waals surface area contributed by atoms with E-state index in [-0.39, 0.29) is 4.45 Å². The van der Waals surface area contributed by atoms with E-state index < -0.39 is 0 Å². The molecule has 1 aromatic rings. The lowest BCUT2D eigenvalue weighted by molar-refractivity contribution is 0.272. The number of hydrogen-bond donors (Lipinski definition) is 0. The third-order valence-corrected chi connectivity index (χ3v) is 4.09. The molecule has 0 amide bonds. The Morgan fingerprint density at radius 1 is 1.38 bits per heavy atom. The summed E-state index contributed by atoms with van der Waals surface area (Å²) in [6, 6.07) is 9.74. The van der Waals surface area contributed by atoms with Gasteiger partial charge in [0.15, 0.2) is 0 Å². The van der Waals surface area contributed by atoms with Crippen molar-refractivity contribution in [3.05, 3.63) is 30.3 Å². The van der Waals surface area contributed by atoms with Crippen molar-refractivity contribution in [3.63, 3.8) is 0 Å². The molecular weight excluding hydrogens is 240 g/mol. The maximum atomic E-state index is 11.1. The van der Waals surface area contributed by atoms with E-state index in [9.17, 15) is 4.79 Å². The van der Waals surface area contributed by atoms with Crippen molar-refractivity contribution in [2.45, 2.75) is 6.92 Å². The number of benzene rings is 1. The second-order valence-corrected chi connectivity index (χ2v) is 5.52. The van der Waals surface area contributed by atoms with Crippen LogP contribution >= 0.6 is 23.5 Å². The molecule has 0 heterocycles. The molecule has 2 nitrogen and oxygen atoms in total. The van der Waals surface area contributed by atoms with Gasteiger partial charge in [-0.1, -0.05) is 48.6 Å². The molecule has 0 N–H and O–H groups in total. The van der Waals surface area contributed by atoms with Crippen molar-refractivity contribution in [1.82, 2.24) is 0 Å². The van der Waals surface area contributed by atoms with E-state index >= 15 is 0 Å². The lowest BCUT2D eigenvalue weighted by Gasteiger charge is -2.11. The second kappa shape index (κ2) is 7.63. The fourth-order valence-corrected chi connectivity index (χ4v) is 2.26. The zero-order chi connectivity index (χ0) is 11.8. The zero-order valence-electron chi connectivity index (χ0n) is 9.51. The number of ether oxygens (including phenoxy) is 1. The summed E-state index contributed by atoms with van der Waals surface area (Å²) < 4.78 is 5.78. The van der Waals surface area contributed by atoms with Gasteiger partial charge < -0.3 is 4.74 Å². The van der Waals surface area contributed by atoms with Gasteiger partial charge in [-0.25, -0.2) is 0 Å². The normalized spacial score (nSPS) is 12.1. The molecule has 1 atom stereocenters. The summed E-state index contributed by atoms with van der Waals surface area (Å²) in [5.74, 6) is 2.07. The first-order valence-corrected chi connectivity index (χ1v) is 7.32. The van der Waals surface area contributed by atoms with E-state index in [1.165, 1.54) is 23.5 Å². The molecule has 0 aromatic heterocycles. The van der Waals surface area contributed by atoms with Crippen LogP contribution in [0, 0.1) is 5.92 Å². The molecule has 0 spiro atoms. The Hall–Kier alpha value is -0.610. The summed E-state index contributed by atoms with van der Waals surface area (Å²) in [4.78, 5) is 11.1. The van der Waals surface area contributed by atoms with Gasteiger partial charge in [0.1, 0.15) is 5.75 Å². The largest absolute Gasteiger partial charge is 0.493 e. The van der Waals surface area contributed by atoms with Crippen LogP contribution < -0.4 is 4.74 Å². The summed E-state index contributed by atoms with van der Waals surface area (Å²) in [6.07, 6.45) is 1.81. The molecule has 0 fully saturated rings. The fraction of sp³-hybridized carbons (Fsp3) is 0.417. The van der Waals surface area contributed by atoms with Crippen molar-refractivity contribution in [3.8, 4) is 5.75 Å². The maximum absolute atomic E-state index is 11.1. The first-order chi connectivity index (χ1) is 7.72. The average Bonchev–Trinajstić information content (AvgIpc) is 2.34. The number of thioether (sulfide) groups is 2. The van der Waals surface area contributed by atoms with Gasteiger partial charge in [-0.3, -0.25) is 4.79 Å². The van der Waals surface area contributed by atoms with Crippen LogP contribution in [0.5, 0.6) is 5.75 Å². The fourth-order valence-electron chi connectivity index (χ4n) is 1.07.